The van der Waals surface area contributed by atoms with Gasteiger partial charge in [-0.3, -0.25) is 9.88 Å². The number of halogens is 1. The molecule has 0 aliphatic carbocycles. The summed E-state index contributed by atoms with van der Waals surface area (Å²) in [6, 6.07) is 9.55. The molecular formula is C19H23ClN2O3S. The van der Waals surface area contributed by atoms with E-state index in [0.717, 1.165) is 38.2 Å². The number of benzene rings is 1. The fraction of sp³-hybridized carbons (Fsp3) is 0.421. The van der Waals surface area contributed by atoms with Crippen LogP contribution in [0.3, 0.4) is 0 Å². The highest BCUT2D eigenvalue weighted by Crippen LogP contribution is 2.32. The highest BCUT2D eigenvalue weighted by Gasteiger charge is 2.27. The summed E-state index contributed by atoms with van der Waals surface area (Å²) in [6.07, 6.45) is 4.68. The van der Waals surface area contributed by atoms with E-state index in [2.05, 4.69) is 22.0 Å². The standard InChI is InChI=1S/C19H23ClN2O3S/c1-25-17-7-5-14(6-8-17)12-22-9-3-4-15(13-22)19-18(26(2,23)24)10-16(20)11-21-19/h5-8,10-11,15H,3-4,9,12-13H2,1-2H3. The van der Waals surface area contributed by atoms with E-state index in [1.807, 2.05) is 12.1 Å². The molecule has 2 aromatic rings. The number of nitrogens with zero attached hydrogens (tertiary/aromatic N) is 2. The van der Waals surface area contributed by atoms with Gasteiger partial charge in [0.1, 0.15) is 5.75 Å². The molecule has 140 valence electrons. The normalized spacial score (nSPS) is 18.7. The molecule has 1 fully saturated rings. The second kappa shape index (κ2) is 7.94. The van der Waals surface area contributed by atoms with Crippen molar-refractivity contribution in [3.8, 4) is 5.75 Å². The van der Waals surface area contributed by atoms with Crippen molar-refractivity contribution in [1.29, 1.82) is 0 Å². The lowest BCUT2D eigenvalue weighted by molar-refractivity contribution is 0.197. The molecular weight excluding hydrogens is 372 g/mol. The Kier molecular flexibility index (Phi) is 5.85. The van der Waals surface area contributed by atoms with Crippen molar-refractivity contribution in [2.45, 2.75) is 30.2 Å². The van der Waals surface area contributed by atoms with Crippen LogP contribution < -0.4 is 4.74 Å². The van der Waals surface area contributed by atoms with E-state index in [9.17, 15) is 8.42 Å². The van der Waals surface area contributed by atoms with Crippen molar-refractivity contribution in [3.63, 3.8) is 0 Å². The molecule has 1 unspecified atom stereocenters. The Morgan fingerprint density at radius 1 is 1.31 bits per heavy atom. The Labute approximate surface area is 159 Å². The summed E-state index contributed by atoms with van der Waals surface area (Å²) in [4.78, 5) is 6.97. The number of hydrogen-bond donors (Lipinski definition) is 0. The summed E-state index contributed by atoms with van der Waals surface area (Å²) in [7, 11) is -1.71. The van der Waals surface area contributed by atoms with Gasteiger partial charge >= 0.3 is 0 Å². The van der Waals surface area contributed by atoms with Gasteiger partial charge in [-0.2, -0.15) is 0 Å². The fourth-order valence-electron chi connectivity index (χ4n) is 3.45. The van der Waals surface area contributed by atoms with Crippen LogP contribution in [-0.4, -0.2) is 44.8 Å². The van der Waals surface area contributed by atoms with Crippen molar-refractivity contribution < 1.29 is 13.2 Å². The van der Waals surface area contributed by atoms with Crippen molar-refractivity contribution in [2.75, 3.05) is 26.5 Å². The van der Waals surface area contributed by atoms with Crippen molar-refractivity contribution in [2.24, 2.45) is 0 Å². The van der Waals surface area contributed by atoms with Crippen LogP contribution >= 0.6 is 11.6 Å². The second-order valence-electron chi connectivity index (χ2n) is 6.73. The maximum atomic E-state index is 12.2. The highest BCUT2D eigenvalue weighted by atomic mass is 35.5. The quantitative estimate of drug-likeness (QED) is 0.776. The minimum Gasteiger partial charge on any atom is -0.497 e. The van der Waals surface area contributed by atoms with Gasteiger partial charge in [0.2, 0.25) is 0 Å². The zero-order chi connectivity index (χ0) is 18.7. The molecule has 1 aliphatic heterocycles. The third kappa shape index (κ3) is 4.55. The first kappa shape index (κ1) is 19.1. The first-order valence-electron chi connectivity index (χ1n) is 8.57. The van der Waals surface area contributed by atoms with Crippen molar-refractivity contribution >= 4 is 21.4 Å². The van der Waals surface area contributed by atoms with Gasteiger partial charge in [-0.25, -0.2) is 8.42 Å². The van der Waals surface area contributed by atoms with Crippen LogP contribution in [0.15, 0.2) is 41.4 Å². The Morgan fingerprint density at radius 2 is 2.04 bits per heavy atom. The van der Waals surface area contributed by atoms with Gasteiger partial charge in [-0.1, -0.05) is 23.7 Å². The highest BCUT2D eigenvalue weighted by molar-refractivity contribution is 7.90. The topological polar surface area (TPSA) is 59.5 Å². The van der Waals surface area contributed by atoms with Gasteiger partial charge in [0, 0.05) is 31.5 Å². The van der Waals surface area contributed by atoms with Crippen LogP contribution in [0.1, 0.15) is 30.0 Å². The number of pyridine rings is 1. The molecule has 0 saturated carbocycles. The number of ether oxygens (including phenoxy) is 1. The zero-order valence-corrected chi connectivity index (χ0v) is 16.6. The van der Waals surface area contributed by atoms with Gasteiger partial charge < -0.3 is 4.74 Å². The van der Waals surface area contributed by atoms with Gasteiger partial charge in [-0.15, -0.1) is 0 Å². The first-order valence-corrected chi connectivity index (χ1v) is 10.8. The molecule has 0 N–H and O–H groups in total. The zero-order valence-electron chi connectivity index (χ0n) is 15.0. The van der Waals surface area contributed by atoms with E-state index >= 15 is 0 Å². The Morgan fingerprint density at radius 3 is 2.69 bits per heavy atom. The summed E-state index contributed by atoms with van der Waals surface area (Å²) < 4.78 is 29.5. The number of likely N-dealkylation sites (tertiary alicyclic amines) is 1. The molecule has 0 bridgehead atoms. The Bertz CT molecular complexity index is 869. The molecule has 0 radical (unpaired) electrons. The summed E-state index contributed by atoms with van der Waals surface area (Å²) in [5.74, 6) is 0.928. The van der Waals surface area contributed by atoms with E-state index in [0.29, 0.717) is 10.7 Å². The van der Waals surface area contributed by atoms with Crippen LogP contribution in [0.25, 0.3) is 0 Å². The smallest absolute Gasteiger partial charge is 0.177 e. The molecule has 26 heavy (non-hydrogen) atoms. The van der Waals surface area contributed by atoms with E-state index in [-0.39, 0.29) is 10.8 Å². The lowest BCUT2D eigenvalue weighted by atomic mass is 9.94. The number of methoxy groups -OCH3 is 1. The maximum absolute atomic E-state index is 12.2. The predicted molar refractivity (Wildman–Crippen MR) is 103 cm³/mol. The van der Waals surface area contributed by atoms with Crippen LogP contribution in [0.5, 0.6) is 5.75 Å². The average molecular weight is 395 g/mol. The molecule has 7 heteroatoms. The van der Waals surface area contributed by atoms with Crippen molar-refractivity contribution in [3.05, 3.63) is 52.8 Å². The SMILES string of the molecule is COc1ccc(CN2CCCC(c3ncc(Cl)cc3S(C)(=O)=O)C2)cc1. The summed E-state index contributed by atoms with van der Waals surface area (Å²) >= 11 is 5.97. The van der Waals surface area contributed by atoms with Gasteiger partial charge in [0.05, 0.1) is 22.7 Å². The van der Waals surface area contributed by atoms with Crippen LogP contribution in [0.4, 0.5) is 0 Å². The van der Waals surface area contributed by atoms with Gasteiger partial charge in [0.15, 0.2) is 9.84 Å². The van der Waals surface area contributed by atoms with E-state index < -0.39 is 9.84 Å². The van der Waals surface area contributed by atoms with Crippen LogP contribution in [0, 0.1) is 0 Å². The predicted octanol–water partition coefficient (Wildman–Crippen LogP) is 3.53. The molecule has 1 aromatic carbocycles. The number of piperidine rings is 1. The van der Waals surface area contributed by atoms with Crippen LogP contribution in [0.2, 0.25) is 5.02 Å². The van der Waals surface area contributed by atoms with E-state index in [1.54, 1.807) is 7.11 Å². The maximum Gasteiger partial charge on any atom is 0.177 e. The fourth-order valence-corrected chi connectivity index (χ4v) is 4.61. The summed E-state index contributed by atoms with van der Waals surface area (Å²) in [6.45, 7) is 2.59. The lowest BCUT2D eigenvalue weighted by Gasteiger charge is -2.33. The first-order chi connectivity index (χ1) is 12.4. The third-order valence-electron chi connectivity index (χ3n) is 4.71. The summed E-state index contributed by atoms with van der Waals surface area (Å²) in [5.41, 5.74) is 1.84. The van der Waals surface area contributed by atoms with Crippen LogP contribution in [-0.2, 0) is 16.4 Å². The largest absolute Gasteiger partial charge is 0.497 e. The van der Waals surface area contributed by atoms with Crippen molar-refractivity contribution in [1.82, 2.24) is 9.88 Å². The average Bonchev–Trinajstić information content (AvgIpc) is 2.62. The Hall–Kier alpha value is -1.63. The van der Waals surface area contributed by atoms with E-state index in [1.165, 1.54) is 24.1 Å². The summed E-state index contributed by atoms with van der Waals surface area (Å²) in [5, 5.41) is 0.347. The van der Waals surface area contributed by atoms with Gasteiger partial charge in [0.25, 0.3) is 0 Å². The molecule has 3 rings (SSSR count). The minimum atomic E-state index is -3.37. The second-order valence-corrected chi connectivity index (χ2v) is 9.15. The van der Waals surface area contributed by atoms with E-state index in [4.69, 9.17) is 16.3 Å². The molecule has 2 heterocycles. The molecule has 1 saturated heterocycles. The number of hydrogen-bond acceptors (Lipinski definition) is 5. The Balaban J connectivity index is 1.78. The number of sulfone groups is 1. The monoisotopic (exact) mass is 394 g/mol. The third-order valence-corrected chi connectivity index (χ3v) is 6.04. The molecule has 1 aliphatic rings. The van der Waals surface area contributed by atoms with Gasteiger partial charge in [-0.05, 0) is 43.1 Å². The molecule has 0 amide bonds. The molecule has 1 aromatic heterocycles. The molecule has 1 atom stereocenters. The molecule has 5 nitrogen and oxygen atoms in total. The molecule has 0 spiro atoms. The number of aromatic nitrogens is 1. The lowest BCUT2D eigenvalue weighted by Crippen LogP contribution is -2.34. The minimum absolute atomic E-state index is 0.0870. The number of rotatable bonds is 5.